The average molecular weight is 157 g/mol. The lowest BCUT2D eigenvalue weighted by Gasteiger charge is -2.05. The van der Waals surface area contributed by atoms with E-state index in [1.165, 1.54) is 19.3 Å². The Hall–Kier alpha value is -0.460. The normalized spacial score (nSPS) is 14.7. The van der Waals surface area contributed by atoms with Gasteiger partial charge in [-0.3, -0.25) is 0 Å². The van der Waals surface area contributed by atoms with E-state index in [1.807, 2.05) is 27.7 Å². The van der Waals surface area contributed by atoms with E-state index in [9.17, 15) is 0 Å². The lowest BCUT2D eigenvalue weighted by Crippen LogP contribution is -2.00. The smallest absolute Gasteiger partial charge is 0.00399 e. The van der Waals surface area contributed by atoms with E-state index in [2.05, 4.69) is 6.08 Å². The molecule has 0 saturated heterocycles. The molecule has 0 bridgehead atoms. The van der Waals surface area contributed by atoms with Crippen molar-refractivity contribution < 1.29 is 0 Å². The zero-order valence-corrected chi connectivity index (χ0v) is 8.48. The Labute approximate surface area is 71.7 Å². The van der Waals surface area contributed by atoms with Crippen molar-refractivity contribution in [2.75, 3.05) is 0 Å². The van der Waals surface area contributed by atoms with Crippen LogP contribution in [0.1, 0.15) is 53.4 Å². The van der Waals surface area contributed by atoms with Crippen molar-refractivity contribution in [3.63, 3.8) is 0 Å². The summed E-state index contributed by atoms with van der Waals surface area (Å²) in [7, 11) is 0. The minimum absolute atomic E-state index is 1.09. The molecule has 0 unspecified atom stereocenters. The van der Waals surface area contributed by atoms with Crippen LogP contribution in [0.25, 0.3) is 0 Å². The maximum atomic E-state index is 5.50. The fraction of sp³-hybridized carbons (Fsp3) is 0.800. The quantitative estimate of drug-likeness (QED) is 0.572. The highest BCUT2D eigenvalue weighted by Gasteiger charge is 1.95. The van der Waals surface area contributed by atoms with Gasteiger partial charge in [0.2, 0.25) is 0 Å². The van der Waals surface area contributed by atoms with Gasteiger partial charge in [-0.1, -0.05) is 33.8 Å². The highest BCUT2D eigenvalue weighted by atomic mass is 14.6. The van der Waals surface area contributed by atoms with E-state index in [-0.39, 0.29) is 0 Å². The van der Waals surface area contributed by atoms with Gasteiger partial charge in [0.15, 0.2) is 0 Å². The van der Waals surface area contributed by atoms with Crippen molar-refractivity contribution in [2.24, 2.45) is 5.73 Å². The Morgan fingerprint density at radius 3 is 1.82 bits per heavy atom. The van der Waals surface area contributed by atoms with Gasteiger partial charge in [-0.15, -0.1) is 0 Å². The highest BCUT2D eigenvalue weighted by Crippen LogP contribution is 2.11. The topological polar surface area (TPSA) is 26.0 Å². The minimum Gasteiger partial charge on any atom is -0.402 e. The van der Waals surface area contributed by atoms with Crippen LogP contribution in [0.15, 0.2) is 11.8 Å². The molecular formula is C10H23N. The Balaban J connectivity index is 0. The Bertz CT molecular complexity index is 84.9. The second-order valence-electron chi connectivity index (χ2n) is 2.02. The van der Waals surface area contributed by atoms with Crippen molar-refractivity contribution in [1.82, 2.24) is 0 Å². The zero-order valence-electron chi connectivity index (χ0n) is 8.48. The van der Waals surface area contributed by atoms with Crippen molar-refractivity contribution >= 4 is 0 Å². The minimum atomic E-state index is 1.09. The number of nitrogens with two attached hydrogens (primary N) is 1. The van der Waals surface area contributed by atoms with Crippen molar-refractivity contribution in [3.05, 3.63) is 11.8 Å². The van der Waals surface area contributed by atoms with Crippen molar-refractivity contribution in [3.8, 4) is 0 Å². The SMILES string of the molecule is CC.CC.NC1=CCCCC1. The maximum absolute atomic E-state index is 5.50. The largest absolute Gasteiger partial charge is 0.402 e. The number of hydrogen-bond acceptors (Lipinski definition) is 1. The molecule has 0 radical (unpaired) electrons. The first-order valence-electron chi connectivity index (χ1n) is 4.84. The second-order valence-corrected chi connectivity index (χ2v) is 2.02. The summed E-state index contributed by atoms with van der Waals surface area (Å²) in [5.74, 6) is 0. The third kappa shape index (κ3) is 9.54. The van der Waals surface area contributed by atoms with E-state index < -0.39 is 0 Å². The van der Waals surface area contributed by atoms with E-state index in [4.69, 9.17) is 5.73 Å². The number of rotatable bonds is 0. The molecule has 0 heterocycles. The molecule has 0 aromatic carbocycles. The van der Waals surface area contributed by atoms with Crippen LogP contribution in [0.2, 0.25) is 0 Å². The Morgan fingerprint density at radius 1 is 1.09 bits per heavy atom. The summed E-state index contributed by atoms with van der Waals surface area (Å²) < 4.78 is 0. The van der Waals surface area contributed by atoms with Gasteiger partial charge in [0, 0.05) is 5.70 Å². The van der Waals surface area contributed by atoms with Gasteiger partial charge < -0.3 is 5.73 Å². The molecule has 0 aromatic heterocycles. The molecule has 11 heavy (non-hydrogen) atoms. The van der Waals surface area contributed by atoms with Crippen LogP contribution in [0.5, 0.6) is 0 Å². The molecule has 0 amide bonds. The molecule has 1 rings (SSSR count). The van der Waals surface area contributed by atoms with Gasteiger partial charge in [-0.25, -0.2) is 0 Å². The fourth-order valence-corrected chi connectivity index (χ4v) is 0.863. The molecule has 0 aromatic rings. The Morgan fingerprint density at radius 2 is 1.64 bits per heavy atom. The molecule has 1 aliphatic rings. The first kappa shape index (κ1) is 13.2. The van der Waals surface area contributed by atoms with E-state index in [0.29, 0.717) is 0 Å². The molecule has 1 heteroatoms. The molecule has 0 atom stereocenters. The van der Waals surface area contributed by atoms with Crippen LogP contribution in [-0.4, -0.2) is 0 Å². The Kier molecular flexibility index (Phi) is 14.6. The third-order valence-corrected chi connectivity index (χ3v) is 1.33. The molecule has 2 N–H and O–H groups in total. The average Bonchev–Trinajstić information content (AvgIpc) is 2.13. The second kappa shape index (κ2) is 12.2. The molecule has 0 saturated carbocycles. The molecule has 1 aliphatic carbocycles. The maximum Gasteiger partial charge on any atom is 0.00399 e. The van der Waals surface area contributed by atoms with E-state index in [1.54, 1.807) is 0 Å². The summed E-state index contributed by atoms with van der Waals surface area (Å²) in [5.41, 5.74) is 6.58. The van der Waals surface area contributed by atoms with Gasteiger partial charge in [-0.2, -0.15) is 0 Å². The van der Waals surface area contributed by atoms with E-state index in [0.717, 1.165) is 12.1 Å². The van der Waals surface area contributed by atoms with Crippen LogP contribution in [-0.2, 0) is 0 Å². The highest BCUT2D eigenvalue weighted by molar-refractivity contribution is 4.98. The number of allylic oxidation sites excluding steroid dienone is 2. The predicted octanol–water partition coefficient (Wildman–Crippen LogP) is 3.46. The predicted molar refractivity (Wildman–Crippen MR) is 53.4 cm³/mol. The van der Waals surface area contributed by atoms with Gasteiger partial charge in [0.05, 0.1) is 0 Å². The first-order chi connectivity index (χ1) is 5.39. The summed E-state index contributed by atoms with van der Waals surface area (Å²) in [6.07, 6.45) is 7.08. The molecule has 0 fully saturated rings. The lowest BCUT2D eigenvalue weighted by atomic mass is 10.1. The summed E-state index contributed by atoms with van der Waals surface area (Å²) in [6, 6.07) is 0. The van der Waals surface area contributed by atoms with Gasteiger partial charge in [0.1, 0.15) is 0 Å². The van der Waals surface area contributed by atoms with Gasteiger partial charge in [-0.05, 0) is 25.7 Å². The summed E-state index contributed by atoms with van der Waals surface area (Å²) in [4.78, 5) is 0. The zero-order chi connectivity index (χ0) is 9.11. The molecule has 1 nitrogen and oxygen atoms in total. The molecule has 0 aliphatic heterocycles. The standard InChI is InChI=1S/C6H11N.2C2H6/c7-6-4-2-1-3-5-6;2*1-2/h4H,1-3,5,7H2;2*1-2H3. The summed E-state index contributed by atoms with van der Waals surface area (Å²) in [6.45, 7) is 8.00. The monoisotopic (exact) mass is 157 g/mol. The molecular weight excluding hydrogens is 134 g/mol. The van der Waals surface area contributed by atoms with Crippen LogP contribution < -0.4 is 5.73 Å². The van der Waals surface area contributed by atoms with Crippen molar-refractivity contribution in [1.29, 1.82) is 0 Å². The van der Waals surface area contributed by atoms with Crippen LogP contribution in [0.3, 0.4) is 0 Å². The summed E-state index contributed by atoms with van der Waals surface area (Å²) in [5, 5.41) is 0. The number of hydrogen-bond donors (Lipinski definition) is 1. The third-order valence-electron chi connectivity index (χ3n) is 1.33. The van der Waals surface area contributed by atoms with E-state index >= 15 is 0 Å². The van der Waals surface area contributed by atoms with Crippen LogP contribution in [0, 0.1) is 0 Å². The fourth-order valence-electron chi connectivity index (χ4n) is 0.863. The summed E-state index contributed by atoms with van der Waals surface area (Å²) >= 11 is 0. The first-order valence-corrected chi connectivity index (χ1v) is 4.84. The van der Waals surface area contributed by atoms with Gasteiger partial charge in [0.25, 0.3) is 0 Å². The van der Waals surface area contributed by atoms with Crippen LogP contribution in [0.4, 0.5) is 0 Å². The van der Waals surface area contributed by atoms with Gasteiger partial charge >= 0.3 is 0 Å². The van der Waals surface area contributed by atoms with Crippen LogP contribution >= 0.6 is 0 Å². The molecule has 0 spiro atoms. The lowest BCUT2D eigenvalue weighted by molar-refractivity contribution is 0.696. The molecule has 68 valence electrons. The van der Waals surface area contributed by atoms with Crippen molar-refractivity contribution in [2.45, 2.75) is 53.4 Å².